The summed E-state index contributed by atoms with van der Waals surface area (Å²) < 4.78 is 7.21. The molecule has 1 atom stereocenters. The first-order valence-corrected chi connectivity index (χ1v) is 7.21. The van der Waals surface area contributed by atoms with Crippen LogP contribution in [0.2, 0.25) is 5.02 Å². The molecule has 0 aliphatic carbocycles. The zero-order valence-corrected chi connectivity index (χ0v) is 12.4. The average molecular weight is 306 g/mol. The van der Waals surface area contributed by atoms with E-state index in [1.54, 1.807) is 16.9 Å². The van der Waals surface area contributed by atoms with Gasteiger partial charge in [0.2, 0.25) is 5.91 Å². The standard InChI is InChI=1S/C15H16ClN3O2/c1-10-7-17-19(8-10)9-14(20)18-13-5-6-21-15-11(13)3-2-4-12(15)16/h2-4,7-8,13H,5-6,9H2,1H3,(H,18,20). The lowest BCUT2D eigenvalue weighted by molar-refractivity contribution is -0.122. The van der Waals surface area contributed by atoms with Crippen molar-refractivity contribution in [2.75, 3.05) is 6.61 Å². The van der Waals surface area contributed by atoms with Crippen LogP contribution in [-0.4, -0.2) is 22.3 Å². The first-order chi connectivity index (χ1) is 10.1. The lowest BCUT2D eigenvalue weighted by atomic mass is 10.0. The molecule has 1 unspecified atom stereocenters. The number of para-hydroxylation sites is 1. The molecule has 1 aliphatic rings. The highest BCUT2D eigenvalue weighted by molar-refractivity contribution is 6.32. The normalized spacial score (nSPS) is 17.0. The van der Waals surface area contributed by atoms with Crippen molar-refractivity contribution in [2.45, 2.75) is 25.9 Å². The second-order valence-electron chi connectivity index (χ2n) is 5.13. The van der Waals surface area contributed by atoms with Gasteiger partial charge in [-0.25, -0.2) is 0 Å². The van der Waals surface area contributed by atoms with E-state index >= 15 is 0 Å². The molecule has 5 nitrogen and oxygen atoms in total. The maximum absolute atomic E-state index is 12.1. The monoisotopic (exact) mass is 305 g/mol. The van der Waals surface area contributed by atoms with E-state index in [2.05, 4.69) is 10.4 Å². The number of benzene rings is 1. The van der Waals surface area contributed by atoms with Gasteiger partial charge in [0, 0.05) is 18.2 Å². The SMILES string of the molecule is Cc1cnn(CC(=O)NC2CCOc3c(Cl)cccc32)c1. The number of nitrogens with zero attached hydrogens (tertiary/aromatic N) is 2. The summed E-state index contributed by atoms with van der Waals surface area (Å²) in [5.41, 5.74) is 1.96. The van der Waals surface area contributed by atoms with E-state index in [0.29, 0.717) is 17.4 Å². The van der Waals surface area contributed by atoms with Crippen molar-refractivity contribution in [1.29, 1.82) is 0 Å². The lowest BCUT2D eigenvalue weighted by Crippen LogP contribution is -2.34. The number of ether oxygens (including phenoxy) is 1. The second-order valence-corrected chi connectivity index (χ2v) is 5.54. The number of halogens is 1. The molecule has 1 amide bonds. The summed E-state index contributed by atoms with van der Waals surface area (Å²) in [4.78, 5) is 12.1. The minimum absolute atomic E-state index is 0.0726. The molecule has 0 spiro atoms. The number of nitrogens with one attached hydrogen (secondary N) is 1. The average Bonchev–Trinajstić information content (AvgIpc) is 2.85. The van der Waals surface area contributed by atoms with Crippen LogP contribution in [0.1, 0.15) is 23.6 Å². The molecular weight excluding hydrogens is 290 g/mol. The van der Waals surface area contributed by atoms with Crippen LogP contribution >= 0.6 is 11.6 Å². The van der Waals surface area contributed by atoms with Crippen molar-refractivity contribution < 1.29 is 9.53 Å². The molecule has 1 aliphatic heterocycles. The molecule has 2 aromatic rings. The van der Waals surface area contributed by atoms with Gasteiger partial charge in [0.25, 0.3) is 0 Å². The van der Waals surface area contributed by atoms with Crippen LogP contribution in [0.15, 0.2) is 30.6 Å². The summed E-state index contributed by atoms with van der Waals surface area (Å²) in [5, 5.41) is 7.72. The molecule has 1 aromatic carbocycles. The quantitative estimate of drug-likeness (QED) is 0.948. The van der Waals surface area contributed by atoms with Crippen LogP contribution in [-0.2, 0) is 11.3 Å². The van der Waals surface area contributed by atoms with Gasteiger partial charge in [-0.3, -0.25) is 9.48 Å². The summed E-state index contributed by atoms with van der Waals surface area (Å²) in [6.45, 7) is 2.70. The Balaban J connectivity index is 1.71. The third kappa shape index (κ3) is 3.03. The molecular formula is C15H16ClN3O2. The molecule has 0 saturated carbocycles. The third-order valence-corrected chi connectivity index (χ3v) is 3.73. The minimum Gasteiger partial charge on any atom is -0.492 e. The van der Waals surface area contributed by atoms with Gasteiger partial charge in [-0.05, 0) is 18.6 Å². The fraction of sp³-hybridized carbons (Fsp3) is 0.333. The summed E-state index contributed by atoms with van der Waals surface area (Å²) >= 11 is 6.12. The van der Waals surface area contributed by atoms with Crippen LogP contribution < -0.4 is 10.1 Å². The van der Waals surface area contributed by atoms with Crippen LogP contribution in [0.4, 0.5) is 0 Å². The van der Waals surface area contributed by atoms with E-state index in [4.69, 9.17) is 16.3 Å². The van der Waals surface area contributed by atoms with E-state index < -0.39 is 0 Å². The number of aryl methyl sites for hydroxylation is 1. The summed E-state index contributed by atoms with van der Waals surface area (Å²) in [5.74, 6) is 0.599. The number of hydrogen-bond acceptors (Lipinski definition) is 3. The Morgan fingerprint density at radius 1 is 1.57 bits per heavy atom. The van der Waals surface area contributed by atoms with Crippen LogP contribution in [0, 0.1) is 6.92 Å². The van der Waals surface area contributed by atoms with Gasteiger partial charge < -0.3 is 10.1 Å². The van der Waals surface area contributed by atoms with Crippen molar-refractivity contribution in [3.8, 4) is 5.75 Å². The molecule has 1 N–H and O–H groups in total. The first kappa shape index (κ1) is 13.9. The van der Waals surface area contributed by atoms with E-state index in [0.717, 1.165) is 17.5 Å². The molecule has 21 heavy (non-hydrogen) atoms. The Morgan fingerprint density at radius 3 is 3.19 bits per heavy atom. The maximum atomic E-state index is 12.1. The first-order valence-electron chi connectivity index (χ1n) is 6.83. The van der Waals surface area contributed by atoms with Crippen molar-refractivity contribution in [3.63, 3.8) is 0 Å². The van der Waals surface area contributed by atoms with Gasteiger partial charge in [-0.2, -0.15) is 5.10 Å². The van der Waals surface area contributed by atoms with Crippen molar-refractivity contribution in [1.82, 2.24) is 15.1 Å². The van der Waals surface area contributed by atoms with Crippen molar-refractivity contribution in [3.05, 3.63) is 46.7 Å². The van der Waals surface area contributed by atoms with Gasteiger partial charge in [0.15, 0.2) is 0 Å². The van der Waals surface area contributed by atoms with Crippen LogP contribution in [0.25, 0.3) is 0 Å². The fourth-order valence-corrected chi connectivity index (χ4v) is 2.71. The highest BCUT2D eigenvalue weighted by Crippen LogP contribution is 2.37. The Hall–Kier alpha value is -2.01. The Morgan fingerprint density at radius 2 is 2.43 bits per heavy atom. The highest BCUT2D eigenvalue weighted by atomic mass is 35.5. The Bertz CT molecular complexity index is 669. The zero-order valence-electron chi connectivity index (χ0n) is 11.7. The zero-order chi connectivity index (χ0) is 14.8. The molecule has 3 rings (SSSR count). The number of hydrogen-bond donors (Lipinski definition) is 1. The number of rotatable bonds is 3. The number of fused-ring (bicyclic) bond motifs is 1. The number of carbonyl (C=O) groups excluding carboxylic acids is 1. The van der Waals surface area contributed by atoms with Gasteiger partial charge in [0.05, 0.1) is 23.9 Å². The van der Waals surface area contributed by atoms with E-state index in [9.17, 15) is 4.79 Å². The molecule has 2 heterocycles. The predicted octanol–water partition coefficient (Wildman–Crippen LogP) is 2.48. The minimum atomic E-state index is -0.0732. The second kappa shape index (κ2) is 5.77. The number of aromatic nitrogens is 2. The summed E-state index contributed by atoms with van der Waals surface area (Å²) in [7, 11) is 0. The summed E-state index contributed by atoms with van der Waals surface area (Å²) in [6.07, 6.45) is 4.31. The van der Waals surface area contributed by atoms with Gasteiger partial charge in [-0.1, -0.05) is 23.7 Å². The molecule has 0 fully saturated rings. The third-order valence-electron chi connectivity index (χ3n) is 3.43. The van der Waals surface area contributed by atoms with E-state index in [1.165, 1.54) is 0 Å². The number of carbonyl (C=O) groups is 1. The molecule has 1 aromatic heterocycles. The molecule has 110 valence electrons. The summed E-state index contributed by atoms with van der Waals surface area (Å²) in [6, 6.07) is 5.52. The van der Waals surface area contributed by atoms with Crippen LogP contribution in [0.3, 0.4) is 0 Å². The topological polar surface area (TPSA) is 56.2 Å². The van der Waals surface area contributed by atoms with Gasteiger partial charge >= 0.3 is 0 Å². The predicted molar refractivity (Wildman–Crippen MR) is 79.4 cm³/mol. The molecule has 0 saturated heterocycles. The molecule has 0 radical (unpaired) electrons. The highest BCUT2D eigenvalue weighted by Gasteiger charge is 2.24. The van der Waals surface area contributed by atoms with Gasteiger partial charge in [-0.15, -0.1) is 0 Å². The molecule has 0 bridgehead atoms. The van der Waals surface area contributed by atoms with E-state index in [-0.39, 0.29) is 18.5 Å². The van der Waals surface area contributed by atoms with Crippen LogP contribution in [0.5, 0.6) is 5.75 Å². The fourth-order valence-electron chi connectivity index (χ4n) is 2.48. The van der Waals surface area contributed by atoms with Gasteiger partial charge in [0.1, 0.15) is 12.3 Å². The largest absolute Gasteiger partial charge is 0.492 e. The van der Waals surface area contributed by atoms with Crippen molar-refractivity contribution in [2.24, 2.45) is 0 Å². The van der Waals surface area contributed by atoms with Crippen molar-refractivity contribution >= 4 is 17.5 Å². The Kier molecular flexibility index (Phi) is 3.84. The number of amides is 1. The van der Waals surface area contributed by atoms with E-state index in [1.807, 2.05) is 25.3 Å². The lowest BCUT2D eigenvalue weighted by Gasteiger charge is -2.27. The maximum Gasteiger partial charge on any atom is 0.242 e. The Labute approximate surface area is 127 Å². The smallest absolute Gasteiger partial charge is 0.242 e. The molecule has 6 heteroatoms.